The van der Waals surface area contributed by atoms with E-state index in [1.54, 1.807) is 86.6 Å². The summed E-state index contributed by atoms with van der Waals surface area (Å²) in [6.07, 6.45) is -0.223. The van der Waals surface area contributed by atoms with Crippen molar-refractivity contribution >= 4 is 52.6 Å². The molecule has 3 amide bonds. The molecule has 0 atom stereocenters. The molecule has 8 nitrogen and oxygen atoms in total. The van der Waals surface area contributed by atoms with Crippen molar-refractivity contribution in [1.29, 1.82) is 0 Å². The standard InChI is InChI=1S/C29H25Cl2N3O5/c1-17(2)39-29(38)20-11-13-22(14-12-20)33-26(35)19-9-7-18(8-10-19)15-32-25-24(31)27(36)34(28(25)37)16-21-5-3-4-6-23(21)30/h3-14,17,32H,15-16H2,1-2H3,(H,33,35). The van der Waals surface area contributed by atoms with E-state index in [4.69, 9.17) is 27.9 Å². The number of ether oxygens (including phenoxy) is 1. The topological polar surface area (TPSA) is 105 Å². The fourth-order valence-corrected chi connectivity index (χ4v) is 4.22. The lowest BCUT2D eigenvalue weighted by Crippen LogP contribution is -2.33. The van der Waals surface area contributed by atoms with Gasteiger partial charge in [0.05, 0.1) is 18.2 Å². The summed E-state index contributed by atoms with van der Waals surface area (Å²) in [4.78, 5) is 51.1. The molecule has 0 radical (unpaired) electrons. The summed E-state index contributed by atoms with van der Waals surface area (Å²) in [5, 5.41) is 5.97. The molecular weight excluding hydrogens is 541 g/mol. The van der Waals surface area contributed by atoms with Crippen LogP contribution >= 0.6 is 23.2 Å². The van der Waals surface area contributed by atoms with Crippen molar-refractivity contribution in [2.24, 2.45) is 0 Å². The van der Waals surface area contributed by atoms with E-state index in [1.807, 2.05) is 0 Å². The van der Waals surface area contributed by atoms with Crippen LogP contribution in [0.25, 0.3) is 0 Å². The number of halogens is 2. The van der Waals surface area contributed by atoms with Gasteiger partial charge in [0.15, 0.2) is 0 Å². The number of carbonyl (C=O) groups excluding carboxylic acids is 4. The molecule has 3 aromatic carbocycles. The van der Waals surface area contributed by atoms with E-state index in [0.717, 1.165) is 10.5 Å². The number of anilines is 1. The number of rotatable bonds is 9. The number of nitrogens with zero attached hydrogens (tertiary/aromatic N) is 1. The van der Waals surface area contributed by atoms with Gasteiger partial charge in [-0.25, -0.2) is 4.79 Å². The summed E-state index contributed by atoms with van der Waals surface area (Å²) in [7, 11) is 0. The first-order valence-electron chi connectivity index (χ1n) is 12.1. The van der Waals surface area contributed by atoms with Crippen LogP contribution in [0.1, 0.15) is 45.7 Å². The maximum atomic E-state index is 12.9. The van der Waals surface area contributed by atoms with Gasteiger partial charge >= 0.3 is 5.97 Å². The highest BCUT2D eigenvalue weighted by atomic mass is 35.5. The third kappa shape index (κ3) is 6.66. The van der Waals surface area contributed by atoms with Crippen LogP contribution in [0.3, 0.4) is 0 Å². The minimum absolute atomic E-state index is 0.00725. The fourth-order valence-electron chi connectivity index (χ4n) is 3.78. The number of benzene rings is 3. The quantitative estimate of drug-likeness (QED) is 0.270. The van der Waals surface area contributed by atoms with Crippen LogP contribution in [0.15, 0.2) is 83.5 Å². The van der Waals surface area contributed by atoms with E-state index in [9.17, 15) is 19.2 Å². The molecule has 0 bridgehead atoms. The molecule has 0 aliphatic carbocycles. The lowest BCUT2D eigenvalue weighted by molar-refractivity contribution is -0.138. The van der Waals surface area contributed by atoms with Gasteiger partial charge in [0.1, 0.15) is 10.7 Å². The minimum atomic E-state index is -0.596. The highest BCUT2D eigenvalue weighted by Gasteiger charge is 2.37. The van der Waals surface area contributed by atoms with E-state index in [-0.39, 0.29) is 35.8 Å². The van der Waals surface area contributed by atoms with Crippen LogP contribution in [-0.2, 0) is 27.4 Å². The Kier molecular flexibility index (Phi) is 8.69. The number of hydrogen-bond donors (Lipinski definition) is 2. The molecule has 3 aromatic rings. The Balaban J connectivity index is 1.33. The monoisotopic (exact) mass is 565 g/mol. The summed E-state index contributed by atoms with van der Waals surface area (Å²) in [6.45, 7) is 3.76. The molecule has 10 heteroatoms. The minimum Gasteiger partial charge on any atom is -0.459 e. The summed E-state index contributed by atoms with van der Waals surface area (Å²) < 4.78 is 5.16. The Bertz CT molecular complexity index is 1450. The SMILES string of the molecule is CC(C)OC(=O)c1ccc(NC(=O)c2ccc(CNC3=C(Cl)C(=O)N(Cc4ccccc4Cl)C3=O)cc2)cc1. The molecule has 0 saturated heterocycles. The molecule has 0 aromatic heterocycles. The highest BCUT2D eigenvalue weighted by molar-refractivity contribution is 6.47. The Labute approximate surface area is 235 Å². The normalized spacial score (nSPS) is 13.2. The summed E-state index contributed by atoms with van der Waals surface area (Å²) >= 11 is 12.3. The van der Waals surface area contributed by atoms with Gasteiger partial charge in [-0.15, -0.1) is 0 Å². The van der Waals surface area contributed by atoms with Crippen molar-refractivity contribution in [3.8, 4) is 0 Å². The van der Waals surface area contributed by atoms with E-state index < -0.39 is 17.8 Å². The fraction of sp³-hybridized carbons (Fsp3) is 0.172. The van der Waals surface area contributed by atoms with Gasteiger partial charge in [0.2, 0.25) is 0 Å². The average molecular weight is 566 g/mol. The van der Waals surface area contributed by atoms with E-state index in [2.05, 4.69) is 10.6 Å². The van der Waals surface area contributed by atoms with Gasteiger partial charge in [0.25, 0.3) is 17.7 Å². The first kappa shape index (κ1) is 27.9. The Morgan fingerprint density at radius 2 is 1.51 bits per heavy atom. The number of imide groups is 1. The molecule has 0 saturated carbocycles. The van der Waals surface area contributed by atoms with Crippen molar-refractivity contribution < 1.29 is 23.9 Å². The lowest BCUT2D eigenvalue weighted by atomic mass is 10.1. The molecule has 2 N–H and O–H groups in total. The van der Waals surface area contributed by atoms with Crippen LogP contribution < -0.4 is 10.6 Å². The van der Waals surface area contributed by atoms with Crippen molar-refractivity contribution in [2.75, 3.05) is 5.32 Å². The van der Waals surface area contributed by atoms with Crippen molar-refractivity contribution in [1.82, 2.24) is 10.2 Å². The third-order valence-corrected chi connectivity index (χ3v) is 6.52. The highest BCUT2D eigenvalue weighted by Crippen LogP contribution is 2.26. The van der Waals surface area contributed by atoms with E-state index in [1.165, 1.54) is 0 Å². The number of nitrogens with one attached hydrogen (secondary N) is 2. The van der Waals surface area contributed by atoms with Crippen molar-refractivity contribution in [2.45, 2.75) is 33.0 Å². The number of amides is 3. The van der Waals surface area contributed by atoms with Crippen LogP contribution in [0.2, 0.25) is 5.02 Å². The second-order valence-corrected chi connectivity index (χ2v) is 9.80. The molecule has 0 unspecified atom stereocenters. The molecule has 0 fully saturated rings. The molecule has 1 heterocycles. The van der Waals surface area contributed by atoms with Crippen molar-refractivity contribution in [3.05, 3.63) is 111 Å². The second-order valence-electron chi connectivity index (χ2n) is 9.01. The molecule has 0 spiro atoms. The third-order valence-electron chi connectivity index (χ3n) is 5.80. The largest absolute Gasteiger partial charge is 0.459 e. The second kappa shape index (κ2) is 12.1. The predicted octanol–water partition coefficient (Wildman–Crippen LogP) is 5.27. The first-order chi connectivity index (χ1) is 18.6. The summed E-state index contributed by atoms with van der Waals surface area (Å²) in [6, 6.07) is 20.1. The Morgan fingerprint density at radius 1 is 0.872 bits per heavy atom. The van der Waals surface area contributed by atoms with Crippen LogP contribution in [-0.4, -0.2) is 34.7 Å². The zero-order valence-electron chi connectivity index (χ0n) is 21.2. The molecule has 200 valence electrons. The maximum absolute atomic E-state index is 12.9. The van der Waals surface area contributed by atoms with Gasteiger partial charge in [0, 0.05) is 22.8 Å². The van der Waals surface area contributed by atoms with Gasteiger partial charge in [-0.3, -0.25) is 19.3 Å². The molecular formula is C29H25Cl2N3O5. The molecule has 1 aliphatic rings. The summed E-state index contributed by atoms with van der Waals surface area (Å²) in [5.41, 5.74) is 2.74. The van der Waals surface area contributed by atoms with Gasteiger partial charge in [-0.05, 0) is 67.4 Å². The molecule has 1 aliphatic heterocycles. The van der Waals surface area contributed by atoms with Crippen molar-refractivity contribution in [3.63, 3.8) is 0 Å². The smallest absolute Gasteiger partial charge is 0.338 e. The van der Waals surface area contributed by atoms with E-state index >= 15 is 0 Å². The van der Waals surface area contributed by atoms with Gasteiger partial charge in [-0.1, -0.05) is 53.5 Å². The van der Waals surface area contributed by atoms with Crippen LogP contribution in [0, 0.1) is 0 Å². The number of hydrogen-bond acceptors (Lipinski definition) is 6. The predicted molar refractivity (Wildman–Crippen MR) is 148 cm³/mol. The van der Waals surface area contributed by atoms with Gasteiger partial charge in [-0.2, -0.15) is 0 Å². The summed E-state index contributed by atoms with van der Waals surface area (Å²) in [5.74, 6) is -1.89. The van der Waals surface area contributed by atoms with Gasteiger partial charge < -0.3 is 15.4 Å². The maximum Gasteiger partial charge on any atom is 0.338 e. The average Bonchev–Trinajstić information content (AvgIpc) is 3.11. The van der Waals surface area contributed by atoms with Crippen LogP contribution in [0.4, 0.5) is 5.69 Å². The zero-order chi connectivity index (χ0) is 28.1. The zero-order valence-corrected chi connectivity index (χ0v) is 22.7. The lowest BCUT2D eigenvalue weighted by Gasteiger charge is -2.16. The molecule has 4 rings (SSSR count). The first-order valence-corrected chi connectivity index (χ1v) is 12.8. The van der Waals surface area contributed by atoms with Crippen LogP contribution in [0.5, 0.6) is 0 Å². The number of carbonyl (C=O) groups is 4. The van der Waals surface area contributed by atoms with E-state index in [0.29, 0.717) is 27.4 Å². The number of esters is 1. The Hall–Kier alpha value is -4.14. The molecule has 39 heavy (non-hydrogen) atoms. The Morgan fingerprint density at radius 3 is 2.15 bits per heavy atom.